The smallest absolute Gasteiger partial charge is 0.334 e. The van der Waals surface area contributed by atoms with E-state index >= 15 is 0 Å². The highest BCUT2D eigenvalue weighted by Gasteiger charge is 2.64. The van der Waals surface area contributed by atoms with Crippen molar-refractivity contribution >= 4 is 11.8 Å². The third kappa shape index (κ3) is 4.44. The average molecular weight is 515 g/mol. The molecule has 0 aromatic heterocycles. The maximum atomic E-state index is 14.3. The summed E-state index contributed by atoms with van der Waals surface area (Å²) in [5, 5.41) is 10.4. The molecule has 0 bridgehead atoms. The molecule has 4 saturated carbocycles. The number of methoxy groups -OCH3 is 1. The van der Waals surface area contributed by atoms with Crippen LogP contribution in [0.15, 0.2) is 11.6 Å². The van der Waals surface area contributed by atoms with Crippen molar-refractivity contribution in [1.29, 1.82) is 0 Å². The van der Waals surface area contributed by atoms with E-state index in [0.717, 1.165) is 44.3 Å². The number of ether oxygens (including phenoxy) is 2. The predicted molar refractivity (Wildman–Crippen MR) is 144 cm³/mol. The van der Waals surface area contributed by atoms with E-state index in [2.05, 4.69) is 33.8 Å². The lowest BCUT2D eigenvalue weighted by Crippen LogP contribution is -2.58. The van der Waals surface area contributed by atoms with E-state index in [4.69, 9.17) is 9.47 Å². The van der Waals surface area contributed by atoms with Gasteiger partial charge in [-0.2, -0.15) is 0 Å². The molecular formula is C32H50O5. The van der Waals surface area contributed by atoms with Crippen LogP contribution in [-0.2, 0) is 19.1 Å². The molecule has 1 aliphatic heterocycles. The first-order valence-corrected chi connectivity index (χ1v) is 15.2. The van der Waals surface area contributed by atoms with E-state index in [0.29, 0.717) is 47.9 Å². The molecule has 0 amide bonds. The van der Waals surface area contributed by atoms with E-state index in [1.807, 2.05) is 0 Å². The molecule has 0 spiro atoms. The first kappa shape index (κ1) is 27.4. The number of Topliss-reactive ketones (excluding diaryl/α,β-unsaturated/α-hetero) is 1. The number of allylic oxidation sites excluding steroid dienone is 2. The summed E-state index contributed by atoms with van der Waals surface area (Å²) < 4.78 is 11.0. The van der Waals surface area contributed by atoms with Crippen LogP contribution in [0.2, 0.25) is 0 Å². The standard InChI is InChI=1S/C32H50O5/c1-6-21-25-18-20(27-9-7-8-16-37-27)12-14-32(25,4)24-13-15-31(3)22(10-11-23(31)28(24)29(21)34)19(2)17-26(33)30(35)36-5/h6,19-20,22-28,33H,7-18H2,1-5H3/b21-6-/t19-,20-,22-,23+,24+,25+,26?,27?,28+,31-,32-/m1/s1. The van der Waals surface area contributed by atoms with Gasteiger partial charge in [0, 0.05) is 12.5 Å². The van der Waals surface area contributed by atoms with Gasteiger partial charge in [0.1, 0.15) is 0 Å². The van der Waals surface area contributed by atoms with Crippen LogP contribution in [0, 0.1) is 52.3 Å². The van der Waals surface area contributed by atoms with Crippen LogP contribution in [-0.4, -0.2) is 42.8 Å². The molecule has 208 valence electrons. The lowest BCUT2D eigenvalue weighted by atomic mass is 9.42. The first-order chi connectivity index (χ1) is 17.7. The first-order valence-electron chi connectivity index (χ1n) is 15.2. The van der Waals surface area contributed by atoms with Crippen LogP contribution < -0.4 is 0 Å². The molecule has 1 N–H and O–H groups in total. The Morgan fingerprint density at radius 3 is 2.51 bits per heavy atom. The van der Waals surface area contributed by atoms with Crippen molar-refractivity contribution in [3.8, 4) is 0 Å². The molecule has 1 heterocycles. The van der Waals surface area contributed by atoms with Gasteiger partial charge >= 0.3 is 5.97 Å². The summed E-state index contributed by atoms with van der Waals surface area (Å²) in [5.41, 5.74) is 1.39. The number of carbonyl (C=O) groups excluding carboxylic acids is 2. The van der Waals surface area contributed by atoms with Crippen molar-refractivity contribution in [2.75, 3.05) is 13.7 Å². The van der Waals surface area contributed by atoms with E-state index in [1.54, 1.807) is 0 Å². The molecule has 5 rings (SSSR count). The lowest BCUT2D eigenvalue weighted by molar-refractivity contribution is -0.153. The van der Waals surface area contributed by atoms with E-state index < -0.39 is 12.1 Å². The van der Waals surface area contributed by atoms with E-state index in [9.17, 15) is 14.7 Å². The van der Waals surface area contributed by atoms with Gasteiger partial charge in [-0.05, 0) is 129 Å². The Kier molecular flexibility index (Phi) is 7.70. The molecule has 0 radical (unpaired) electrons. The van der Waals surface area contributed by atoms with E-state index in [1.165, 1.54) is 39.2 Å². The highest BCUT2D eigenvalue weighted by atomic mass is 16.5. The molecule has 4 aliphatic carbocycles. The minimum Gasteiger partial charge on any atom is -0.467 e. The minimum absolute atomic E-state index is 0.0846. The monoisotopic (exact) mass is 514 g/mol. The van der Waals surface area contributed by atoms with Gasteiger partial charge in [0.15, 0.2) is 11.9 Å². The van der Waals surface area contributed by atoms with Gasteiger partial charge in [0.05, 0.1) is 13.2 Å². The number of aliphatic hydroxyl groups excluding tert-OH is 1. The Morgan fingerprint density at radius 1 is 1.11 bits per heavy atom. The molecule has 5 fully saturated rings. The zero-order valence-corrected chi connectivity index (χ0v) is 23.8. The number of carbonyl (C=O) groups is 2. The van der Waals surface area contributed by atoms with Crippen LogP contribution in [0.5, 0.6) is 0 Å². The van der Waals surface area contributed by atoms with Crippen molar-refractivity contribution in [2.45, 2.75) is 111 Å². The number of esters is 1. The Bertz CT molecular complexity index is 905. The fourth-order valence-electron chi connectivity index (χ4n) is 10.4. The molecule has 5 nitrogen and oxygen atoms in total. The van der Waals surface area contributed by atoms with Crippen molar-refractivity contribution in [1.82, 2.24) is 0 Å². The van der Waals surface area contributed by atoms with Gasteiger partial charge in [-0.25, -0.2) is 4.79 Å². The van der Waals surface area contributed by atoms with Crippen LogP contribution in [0.3, 0.4) is 0 Å². The van der Waals surface area contributed by atoms with Gasteiger partial charge in [-0.1, -0.05) is 26.8 Å². The van der Waals surface area contributed by atoms with Gasteiger partial charge in [-0.15, -0.1) is 0 Å². The zero-order valence-electron chi connectivity index (χ0n) is 23.8. The second-order valence-electron chi connectivity index (χ2n) is 13.8. The predicted octanol–water partition coefficient (Wildman–Crippen LogP) is 6.13. The number of fused-ring (bicyclic) bond motifs is 5. The number of hydrogen-bond donors (Lipinski definition) is 1. The highest BCUT2D eigenvalue weighted by Crippen LogP contribution is 2.69. The molecule has 1 saturated heterocycles. The lowest BCUT2D eigenvalue weighted by Gasteiger charge is -2.61. The van der Waals surface area contributed by atoms with Gasteiger partial charge in [0.25, 0.3) is 0 Å². The SMILES string of the molecule is C/C=C1\C(=O)[C@@H]2[C@H](CC[C@]3(C)[C@@H]([C@H](C)CC(O)C(=O)OC)CC[C@@H]23)[C@@]2(C)CC[C@@H](C3CCCCO3)C[C@@H]12. The molecule has 0 aromatic carbocycles. The molecular weight excluding hydrogens is 464 g/mol. The molecule has 0 aromatic rings. The normalized spacial score (nSPS) is 46.5. The summed E-state index contributed by atoms with van der Waals surface area (Å²) in [6.45, 7) is 10.1. The highest BCUT2D eigenvalue weighted by molar-refractivity contribution is 5.99. The zero-order chi connectivity index (χ0) is 26.5. The Balaban J connectivity index is 1.38. The van der Waals surface area contributed by atoms with Gasteiger partial charge in [0.2, 0.25) is 0 Å². The summed E-state index contributed by atoms with van der Waals surface area (Å²) in [6, 6.07) is 0. The third-order valence-corrected chi connectivity index (χ3v) is 12.3. The molecule has 5 heteroatoms. The maximum absolute atomic E-state index is 14.3. The molecule has 11 atom stereocenters. The molecule has 5 aliphatic rings. The van der Waals surface area contributed by atoms with Crippen LogP contribution in [0.4, 0.5) is 0 Å². The number of ketones is 1. The summed E-state index contributed by atoms with van der Waals surface area (Å²) in [4.78, 5) is 26.2. The summed E-state index contributed by atoms with van der Waals surface area (Å²) >= 11 is 0. The van der Waals surface area contributed by atoms with Crippen molar-refractivity contribution in [3.63, 3.8) is 0 Å². The maximum Gasteiger partial charge on any atom is 0.334 e. The number of aliphatic hydroxyl groups is 1. The van der Waals surface area contributed by atoms with Gasteiger partial charge < -0.3 is 14.6 Å². The topological polar surface area (TPSA) is 72.8 Å². The number of hydrogen-bond acceptors (Lipinski definition) is 5. The summed E-state index contributed by atoms with van der Waals surface area (Å²) in [6.07, 6.45) is 13.6. The minimum atomic E-state index is -1.06. The third-order valence-electron chi connectivity index (χ3n) is 12.3. The molecule has 37 heavy (non-hydrogen) atoms. The van der Waals surface area contributed by atoms with Crippen LogP contribution >= 0.6 is 0 Å². The fraction of sp³-hybridized carbons (Fsp3) is 0.875. The summed E-state index contributed by atoms with van der Waals surface area (Å²) in [7, 11) is 1.33. The fourth-order valence-corrected chi connectivity index (χ4v) is 10.4. The Labute approximate surface area is 224 Å². The van der Waals surface area contributed by atoms with Crippen molar-refractivity contribution in [2.24, 2.45) is 52.3 Å². The molecule has 2 unspecified atom stereocenters. The average Bonchev–Trinajstić information content (AvgIpc) is 3.26. The Hall–Kier alpha value is -1.20. The number of rotatable bonds is 5. The second-order valence-corrected chi connectivity index (χ2v) is 13.8. The Morgan fingerprint density at radius 2 is 1.84 bits per heavy atom. The second kappa shape index (κ2) is 10.4. The van der Waals surface area contributed by atoms with Crippen LogP contribution in [0.1, 0.15) is 98.3 Å². The van der Waals surface area contributed by atoms with Crippen LogP contribution in [0.25, 0.3) is 0 Å². The van der Waals surface area contributed by atoms with E-state index in [-0.39, 0.29) is 22.7 Å². The largest absolute Gasteiger partial charge is 0.467 e. The van der Waals surface area contributed by atoms with Crippen molar-refractivity contribution < 1.29 is 24.2 Å². The van der Waals surface area contributed by atoms with Gasteiger partial charge in [-0.3, -0.25) is 4.79 Å². The summed E-state index contributed by atoms with van der Waals surface area (Å²) in [5.74, 6) is 2.48. The quantitative estimate of drug-likeness (QED) is 0.353. The van der Waals surface area contributed by atoms with Crippen molar-refractivity contribution in [3.05, 3.63) is 11.6 Å².